The summed E-state index contributed by atoms with van der Waals surface area (Å²) in [7, 11) is 0. The van der Waals surface area contributed by atoms with Gasteiger partial charge in [-0.25, -0.2) is 4.68 Å². The second kappa shape index (κ2) is 5.14. The predicted molar refractivity (Wildman–Crippen MR) is 68.7 cm³/mol. The number of benzene rings is 1. The molecule has 6 nitrogen and oxygen atoms in total. The van der Waals surface area contributed by atoms with Gasteiger partial charge in [-0.05, 0) is 48.0 Å². The Hall–Kier alpha value is -1.95. The van der Waals surface area contributed by atoms with Crippen molar-refractivity contribution in [3.8, 4) is 5.69 Å². The molecule has 2 aromatic rings. The summed E-state index contributed by atoms with van der Waals surface area (Å²) in [6.45, 7) is 2.15. The van der Waals surface area contributed by atoms with Gasteiger partial charge in [0, 0.05) is 18.3 Å². The number of tetrazole rings is 1. The summed E-state index contributed by atoms with van der Waals surface area (Å²) in [5.41, 5.74) is 2.07. The molecule has 2 N–H and O–H groups in total. The Balaban J connectivity index is 1.74. The maximum Gasteiger partial charge on any atom is 0.143 e. The van der Waals surface area contributed by atoms with Gasteiger partial charge in [-0.3, -0.25) is 0 Å². The zero-order valence-corrected chi connectivity index (χ0v) is 10.1. The topological polar surface area (TPSA) is 67.7 Å². The number of hydrogen-bond donors (Lipinski definition) is 2. The first-order valence-corrected chi connectivity index (χ1v) is 6.22. The van der Waals surface area contributed by atoms with E-state index in [0.717, 1.165) is 24.5 Å². The van der Waals surface area contributed by atoms with E-state index < -0.39 is 0 Å². The van der Waals surface area contributed by atoms with Crippen LogP contribution in [0, 0.1) is 0 Å². The lowest BCUT2D eigenvalue weighted by Gasteiger charge is -2.24. The van der Waals surface area contributed by atoms with E-state index in [1.165, 1.54) is 12.8 Å². The van der Waals surface area contributed by atoms with Crippen LogP contribution in [0.1, 0.15) is 12.8 Å². The van der Waals surface area contributed by atoms with E-state index in [-0.39, 0.29) is 0 Å². The molecule has 0 aliphatic carbocycles. The molecule has 1 fully saturated rings. The highest BCUT2D eigenvalue weighted by atomic mass is 15.5. The highest BCUT2D eigenvalue weighted by Crippen LogP contribution is 2.16. The fraction of sp³-hybridized carbons (Fsp3) is 0.417. The Bertz CT molecular complexity index is 489. The van der Waals surface area contributed by atoms with Crippen molar-refractivity contribution < 1.29 is 0 Å². The molecule has 2 heterocycles. The average Bonchev–Trinajstić information content (AvgIpc) is 2.94. The Labute approximate surface area is 105 Å². The molecule has 1 aromatic heterocycles. The number of nitrogens with one attached hydrogen (secondary N) is 2. The van der Waals surface area contributed by atoms with Crippen LogP contribution in [0.5, 0.6) is 0 Å². The molecule has 1 aliphatic rings. The molecule has 1 saturated heterocycles. The van der Waals surface area contributed by atoms with Gasteiger partial charge in [0.05, 0.1) is 5.69 Å². The largest absolute Gasteiger partial charge is 0.381 e. The number of aromatic nitrogens is 4. The number of anilines is 1. The third-order valence-electron chi connectivity index (χ3n) is 3.13. The summed E-state index contributed by atoms with van der Waals surface area (Å²) in [6.07, 6.45) is 4.04. The summed E-state index contributed by atoms with van der Waals surface area (Å²) in [5, 5.41) is 18.1. The van der Waals surface area contributed by atoms with E-state index in [0.29, 0.717) is 6.04 Å². The van der Waals surface area contributed by atoms with Gasteiger partial charge in [0.1, 0.15) is 6.33 Å². The van der Waals surface area contributed by atoms with Crippen molar-refractivity contribution >= 4 is 5.69 Å². The maximum absolute atomic E-state index is 3.89. The van der Waals surface area contributed by atoms with Crippen LogP contribution in [0.2, 0.25) is 0 Å². The van der Waals surface area contributed by atoms with Crippen molar-refractivity contribution in [2.75, 3.05) is 18.4 Å². The third-order valence-corrected chi connectivity index (χ3v) is 3.13. The first-order valence-electron chi connectivity index (χ1n) is 6.22. The molecule has 94 valence electrons. The first kappa shape index (κ1) is 11.2. The van der Waals surface area contributed by atoms with Crippen molar-refractivity contribution in [2.24, 2.45) is 0 Å². The smallest absolute Gasteiger partial charge is 0.143 e. The quantitative estimate of drug-likeness (QED) is 0.837. The molecular formula is C12H16N6. The number of nitrogens with zero attached hydrogens (tertiary/aromatic N) is 4. The summed E-state index contributed by atoms with van der Waals surface area (Å²) in [6, 6.07) is 8.63. The molecule has 0 spiro atoms. The first-order chi connectivity index (χ1) is 8.92. The molecular weight excluding hydrogens is 228 g/mol. The molecule has 3 rings (SSSR count). The minimum atomic E-state index is 0.503. The van der Waals surface area contributed by atoms with E-state index >= 15 is 0 Å². The van der Waals surface area contributed by atoms with Gasteiger partial charge in [-0.1, -0.05) is 6.07 Å². The van der Waals surface area contributed by atoms with Gasteiger partial charge in [0.2, 0.25) is 0 Å². The highest BCUT2D eigenvalue weighted by Gasteiger charge is 2.12. The molecule has 1 unspecified atom stereocenters. The fourth-order valence-electron chi connectivity index (χ4n) is 2.23. The van der Waals surface area contributed by atoms with Crippen LogP contribution in [0.4, 0.5) is 5.69 Å². The Morgan fingerprint density at radius 3 is 3.17 bits per heavy atom. The van der Waals surface area contributed by atoms with Crippen LogP contribution in [0.25, 0.3) is 5.69 Å². The molecule has 0 saturated carbocycles. The van der Waals surface area contributed by atoms with Crippen LogP contribution < -0.4 is 10.6 Å². The summed E-state index contributed by atoms with van der Waals surface area (Å²) >= 11 is 0. The number of hydrogen-bond acceptors (Lipinski definition) is 5. The number of piperidine rings is 1. The summed E-state index contributed by atoms with van der Waals surface area (Å²) < 4.78 is 1.66. The van der Waals surface area contributed by atoms with Crippen molar-refractivity contribution in [3.63, 3.8) is 0 Å². The van der Waals surface area contributed by atoms with Gasteiger partial charge in [-0.2, -0.15) is 0 Å². The fourth-order valence-corrected chi connectivity index (χ4v) is 2.23. The van der Waals surface area contributed by atoms with Crippen LogP contribution in [-0.4, -0.2) is 39.3 Å². The molecule has 0 radical (unpaired) electrons. The lowest BCUT2D eigenvalue weighted by molar-refractivity contribution is 0.480. The molecule has 1 aliphatic heterocycles. The van der Waals surface area contributed by atoms with E-state index in [1.807, 2.05) is 12.1 Å². The molecule has 0 amide bonds. The van der Waals surface area contributed by atoms with Crippen molar-refractivity contribution in [2.45, 2.75) is 18.9 Å². The Kier molecular flexibility index (Phi) is 3.18. The summed E-state index contributed by atoms with van der Waals surface area (Å²) in [5.74, 6) is 0. The lowest BCUT2D eigenvalue weighted by atomic mass is 10.1. The van der Waals surface area contributed by atoms with Crippen molar-refractivity contribution in [1.82, 2.24) is 25.5 Å². The highest BCUT2D eigenvalue weighted by molar-refractivity contribution is 5.51. The molecule has 18 heavy (non-hydrogen) atoms. The van der Waals surface area contributed by atoms with Gasteiger partial charge in [-0.15, -0.1) is 5.10 Å². The average molecular weight is 244 g/mol. The summed E-state index contributed by atoms with van der Waals surface area (Å²) in [4.78, 5) is 0. The SMILES string of the molecule is c1cc(NC2CCCNC2)cc(-n2cnnn2)c1. The minimum Gasteiger partial charge on any atom is -0.381 e. The second-order valence-corrected chi connectivity index (χ2v) is 4.49. The van der Waals surface area contributed by atoms with Gasteiger partial charge >= 0.3 is 0 Å². The van der Waals surface area contributed by atoms with Gasteiger partial charge < -0.3 is 10.6 Å². The lowest BCUT2D eigenvalue weighted by Crippen LogP contribution is -2.38. The zero-order chi connectivity index (χ0) is 12.2. The van der Waals surface area contributed by atoms with Crippen LogP contribution in [0.15, 0.2) is 30.6 Å². The van der Waals surface area contributed by atoms with Crippen LogP contribution in [0.3, 0.4) is 0 Å². The van der Waals surface area contributed by atoms with Gasteiger partial charge in [0.15, 0.2) is 0 Å². The number of rotatable bonds is 3. The van der Waals surface area contributed by atoms with Crippen LogP contribution >= 0.6 is 0 Å². The third kappa shape index (κ3) is 2.48. The van der Waals surface area contributed by atoms with Crippen molar-refractivity contribution in [3.05, 3.63) is 30.6 Å². The molecule has 6 heteroatoms. The van der Waals surface area contributed by atoms with Crippen molar-refractivity contribution in [1.29, 1.82) is 0 Å². The second-order valence-electron chi connectivity index (χ2n) is 4.49. The van der Waals surface area contributed by atoms with E-state index in [1.54, 1.807) is 11.0 Å². The van der Waals surface area contributed by atoms with Crippen LogP contribution in [-0.2, 0) is 0 Å². The zero-order valence-electron chi connectivity index (χ0n) is 10.1. The van der Waals surface area contributed by atoms with E-state index in [9.17, 15) is 0 Å². The van der Waals surface area contributed by atoms with E-state index in [4.69, 9.17) is 0 Å². The van der Waals surface area contributed by atoms with E-state index in [2.05, 4.69) is 38.3 Å². The Morgan fingerprint density at radius 1 is 1.39 bits per heavy atom. The molecule has 1 aromatic carbocycles. The maximum atomic E-state index is 3.89. The van der Waals surface area contributed by atoms with Gasteiger partial charge in [0.25, 0.3) is 0 Å². The molecule has 1 atom stereocenters. The predicted octanol–water partition coefficient (Wildman–Crippen LogP) is 0.826. The minimum absolute atomic E-state index is 0.503. The Morgan fingerprint density at radius 2 is 2.39 bits per heavy atom. The molecule has 0 bridgehead atoms. The normalized spacial score (nSPS) is 19.7. The monoisotopic (exact) mass is 244 g/mol. The standard InChI is InChI=1S/C12H16N6/c1-3-10(15-11-4-2-6-13-8-11)7-12(5-1)18-9-14-16-17-18/h1,3,5,7,9,11,13,15H,2,4,6,8H2.